The van der Waals surface area contributed by atoms with Gasteiger partial charge in [0.05, 0.1) is 5.92 Å². The van der Waals surface area contributed by atoms with Crippen molar-refractivity contribution in [1.29, 1.82) is 0 Å². The molecule has 2 amide bonds. The van der Waals surface area contributed by atoms with E-state index in [2.05, 4.69) is 4.98 Å². The Morgan fingerprint density at radius 3 is 2.50 bits per heavy atom. The van der Waals surface area contributed by atoms with Gasteiger partial charge in [-0.25, -0.2) is 4.79 Å². The van der Waals surface area contributed by atoms with Crippen LogP contribution in [0.4, 0.5) is 11.5 Å². The molecule has 0 radical (unpaired) electrons. The zero-order valence-electron chi connectivity index (χ0n) is 20.5. The zero-order valence-corrected chi connectivity index (χ0v) is 20.5. The maximum atomic E-state index is 13.6. The number of carbonyl (C=O) groups excluding carboxylic acids is 2. The Labute approximate surface area is 199 Å². The fraction of sp³-hybridized carbons (Fsp3) is 0.520. The highest BCUT2D eigenvalue weighted by Gasteiger charge is 2.38. The third-order valence-electron chi connectivity index (χ3n) is 6.09. The lowest BCUT2D eigenvalue weighted by atomic mass is 10.1. The summed E-state index contributed by atoms with van der Waals surface area (Å²) in [5.41, 5.74) is 7.12. The number of aromatic nitrogens is 2. The first-order valence-corrected chi connectivity index (χ1v) is 11.9. The van der Waals surface area contributed by atoms with Gasteiger partial charge in [0.15, 0.2) is 5.69 Å². The minimum Gasteiger partial charge on any atom is -0.383 e. The van der Waals surface area contributed by atoms with Crippen molar-refractivity contribution in [3.8, 4) is 0 Å². The molecule has 0 spiro atoms. The highest BCUT2D eigenvalue weighted by atomic mass is 16.2. The number of aromatic amines is 1. The van der Waals surface area contributed by atoms with E-state index in [1.165, 1.54) is 9.47 Å². The molecule has 1 atom stereocenters. The van der Waals surface area contributed by atoms with Crippen molar-refractivity contribution in [2.24, 2.45) is 11.8 Å². The molecular weight excluding hydrogens is 434 g/mol. The Kier molecular flexibility index (Phi) is 7.96. The molecule has 0 unspecified atom stereocenters. The minimum atomic E-state index is -0.687. The average Bonchev–Trinajstić information content (AvgIpc) is 3.14. The van der Waals surface area contributed by atoms with Crippen LogP contribution in [0.5, 0.6) is 0 Å². The Hall–Kier alpha value is -3.36. The first kappa shape index (κ1) is 25.3. The molecule has 0 saturated carbocycles. The van der Waals surface area contributed by atoms with Crippen LogP contribution in [0, 0.1) is 18.8 Å². The van der Waals surface area contributed by atoms with Gasteiger partial charge >= 0.3 is 5.69 Å². The summed E-state index contributed by atoms with van der Waals surface area (Å²) in [4.78, 5) is 56.8. The highest BCUT2D eigenvalue weighted by molar-refractivity contribution is 6.00. The molecule has 1 aromatic heterocycles. The summed E-state index contributed by atoms with van der Waals surface area (Å²) in [7, 11) is 0. The normalized spacial score (nSPS) is 15.9. The fourth-order valence-corrected chi connectivity index (χ4v) is 4.26. The van der Waals surface area contributed by atoms with Crippen LogP contribution < -0.4 is 21.9 Å². The molecule has 9 heteroatoms. The van der Waals surface area contributed by atoms with Gasteiger partial charge < -0.3 is 15.5 Å². The molecular formula is C25H35N5O4. The van der Waals surface area contributed by atoms with Gasteiger partial charge in [0.1, 0.15) is 5.82 Å². The number of aryl methyl sites for hydroxylation is 1. The SMILES string of the molecule is CCCCN(C(=O)[C@H]1CC(=O)N(Cc2ccc(C)cc2)C1)c1c(N)n(CC(C)C)c(=O)[nH]c1=O. The van der Waals surface area contributed by atoms with Gasteiger partial charge in [-0.05, 0) is 24.8 Å². The van der Waals surface area contributed by atoms with Crippen molar-refractivity contribution in [3.63, 3.8) is 0 Å². The van der Waals surface area contributed by atoms with Crippen molar-refractivity contribution in [2.75, 3.05) is 23.7 Å². The molecule has 1 aromatic carbocycles. The maximum Gasteiger partial charge on any atom is 0.330 e. The Morgan fingerprint density at radius 2 is 1.88 bits per heavy atom. The average molecular weight is 470 g/mol. The third-order valence-corrected chi connectivity index (χ3v) is 6.09. The number of nitrogens with zero attached hydrogens (tertiary/aromatic N) is 3. The number of likely N-dealkylation sites (tertiary alicyclic amines) is 1. The monoisotopic (exact) mass is 469 g/mol. The maximum absolute atomic E-state index is 13.6. The lowest BCUT2D eigenvalue weighted by Gasteiger charge is -2.27. The summed E-state index contributed by atoms with van der Waals surface area (Å²) in [5.74, 6) is -0.908. The van der Waals surface area contributed by atoms with Crippen molar-refractivity contribution >= 4 is 23.3 Å². The number of benzene rings is 1. The van der Waals surface area contributed by atoms with E-state index in [1.807, 2.05) is 52.0 Å². The van der Waals surface area contributed by atoms with Gasteiger partial charge in [0, 0.05) is 32.6 Å². The summed E-state index contributed by atoms with van der Waals surface area (Å²) in [5, 5.41) is 0. The van der Waals surface area contributed by atoms with E-state index in [4.69, 9.17) is 5.73 Å². The summed E-state index contributed by atoms with van der Waals surface area (Å²) in [6.07, 6.45) is 1.54. The Morgan fingerprint density at radius 1 is 1.21 bits per heavy atom. The van der Waals surface area contributed by atoms with E-state index < -0.39 is 17.2 Å². The molecule has 3 N–H and O–H groups in total. The van der Waals surface area contributed by atoms with Gasteiger partial charge in [-0.15, -0.1) is 0 Å². The van der Waals surface area contributed by atoms with E-state index in [0.717, 1.165) is 17.5 Å². The highest BCUT2D eigenvalue weighted by Crippen LogP contribution is 2.26. The molecule has 1 aliphatic heterocycles. The number of hydrogen-bond donors (Lipinski definition) is 2. The largest absolute Gasteiger partial charge is 0.383 e. The summed E-state index contributed by atoms with van der Waals surface area (Å²) in [6.45, 7) is 9.16. The summed E-state index contributed by atoms with van der Waals surface area (Å²) in [6, 6.07) is 7.94. The smallest absolute Gasteiger partial charge is 0.330 e. The van der Waals surface area contributed by atoms with Crippen molar-refractivity contribution < 1.29 is 9.59 Å². The molecule has 0 aliphatic carbocycles. The van der Waals surface area contributed by atoms with Crippen molar-refractivity contribution in [2.45, 2.75) is 60.0 Å². The predicted octanol–water partition coefficient (Wildman–Crippen LogP) is 2.27. The zero-order chi connectivity index (χ0) is 25.0. The van der Waals surface area contributed by atoms with Crippen LogP contribution in [0.3, 0.4) is 0 Å². The first-order chi connectivity index (χ1) is 16.1. The van der Waals surface area contributed by atoms with Gasteiger partial charge in [0.2, 0.25) is 11.8 Å². The molecule has 2 heterocycles. The van der Waals surface area contributed by atoms with Crippen LogP contribution in [0.25, 0.3) is 0 Å². The molecule has 3 rings (SSSR count). The fourth-order valence-electron chi connectivity index (χ4n) is 4.26. The molecule has 1 saturated heterocycles. The molecule has 9 nitrogen and oxygen atoms in total. The minimum absolute atomic E-state index is 0.0110. The molecule has 184 valence electrons. The van der Waals surface area contributed by atoms with Crippen LogP contribution >= 0.6 is 0 Å². The van der Waals surface area contributed by atoms with Crippen LogP contribution in [-0.2, 0) is 22.7 Å². The molecule has 2 aromatic rings. The number of amides is 2. The quantitative estimate of drug-likeness (QED) is 0.583. The standard InChI is InChI=1S/C25H35N5O4/c1-5-6-11-29(21-22(26)30(13-16(2)3)25(34)27-23(21)32)24(33)19-12-20(31)28(15-19)14-18-9-7-17(4)8-10-18/h7-10,16,19H,5-6,11-15,26H2,1-4H3,(H,27,32,34)/t19-/m0/s1. The van der Waals surface area contributed by atoms with Gasteiger partial charge in [-0.3, -0.25) is 23.9 Å². The second-order valence-corrected chi connectivity index (χ2v) is 9.50. The molecule has 1 fully saturated rings. The lowest BCUT2D eigenvalue weighted by molar-refractivity contribution is -0.128. The first-order valence-electron chi connectivity index (χ1n) is 11.9. The topological polar surface area (TPSA) is 121 Å². The third kappa shape index (κ3) is 5.58. The number of rotatable bonds is 9. The number of nitrogen functional groups attached to an aromatic ring is 1. The van der Waals surface area contributed by atoms with Crippen LogP contribution in [0.2, 0.25) is 0 Å². The summed E-state index contributed by atoms with van der Waals surface area (Å²) >= 11 is 0. The lowest BCUT2D eigenvalue weighted by Crippen LogP contribution is -2.44. The van der Waals surface area contributed by atoms with Gasteiger partial charge in [-0.2, -0.15) is 0 Å². The number of nitrogens with one attached hydrogen (secondary N) is 1. The number of nitrogens with two attached hydrogens (primary N) is 1. The second kappa shape index (κ2) is 10.7. The number of carbonyl (C=O) groups is 2. The molecule has 1 aliphatic rings. The van der Waals surface area contributed by atoms with Crippen LogP contribution in [0.15, 0.2) is 33.9 Å². The van der Waals surface area contributed by atoms with Crippen molar-refractivity contribution in [3.05, 3.63) is 56.2 Å². The molecule has 0 bridgehead atoms. The van der Waals surface area contributed by atoms with Crippen molar-refractivity contribution in [1.82, 2.24) is 14.5 Å². The van der Waals surface area contributed by atoms with E-state index in [1.54, 1.807) is 4.90 Å². The van der Waals surface area contributed by atoms with Gasteiger partial charge in [0.25, 0.3) is 5.56 Å². The van der Waals surface area contributed by atoms with Gasteiger partial charge in [-0.1, -0.05) is 57.0 Å². The number of hydrogen-bond acceptors (Lipinski definition) is 5. The van der Waals surface area contributed by atoms with E-state index in [0.29, 0.717) is 19.5 Å². The number of anilines is 2. The van der Waals surface area contributed by atoms with Crippen LogP contribution in [0.1, 0.15) is 51.2 Å². The predicted molar refractivity (Wildman–Crippen MR) is 133 cm³/mol. The Bertz CT molecular complexity index is 1150. The van der Waals surface area contributed by atoms with E-state index in [9.17, 15) is 19.2 Å². The van der Waals surface area contributed by atoms with E-state index in [-0.39, 0.29) is 48.7 Å². The number of unbranched alkanes of at least 4 members (excludes halogenated alkanes) is 1. The van der Waals surface area contributed by atoms with E-state index >= 15 is 0 Å². The summed E-state index contributed by atoms with van der Waals surface area (Å²) < 4.78 is 1.30. The number of H-pyrrole nitrogens is 1. The second-order valence-electron chi connectivity index (χ2n) is 9.50. The molecule has 34 heavy (non-hydrogen) atoms. The van der Waals surface area contributed by atoms with Crippen LogP contribution in [-0.4, -0.2) is 39.4 Å². The Balaban J connectivity index is 1.89.